The smallest absolute Gasteiger partial charge is 0.191 e. The maximum atomic E-state index is 5.83. The second-order valence-corrected chi connectivity index (χ2v) is 8.23. The van der Waals surface area contributed by atoms with Gasteiger partial charge in [0.1, 0.15) is 5.82 Å². The second-order valence-electron chi connectivity index (χ2n) is 8.23. The van der Waals surface area contributed by atoms with E-state index in [0.29, 0.717) is 25.7 Å². The Hall–Kier alpha value is -1.91. The average Bonchev–Trinajstić information content (AvgIpc) is 2.81. The minimum atomic E-state index is 0. The lowest BCUT2D eigenvalue weighted by atomic mass is 10.2. The summed E-state index contributed by atoms with van der Waals surface area (Å²) in [5.74, 6) is 2.23. The molecule has 2 aromatic rings. The van der Waals surface area contributed by atoms with Gasteiger partial charge >= 0.3 is 0 Å². The first-order chi connectivity index (χ1) is 15.1. The van der Waals surface area contributed by atoms with E-state index in [9.17, 15) is 0 Å². The molecule has 1 saturated heterocycles. The Balaban J connectivity index is 0.00000363. The summed E-state index contributed by atoms with van der Waals surface area (Å²) in [5.41, 5.74) is 2.34. The first-order valence-electron chi connectivity index (χ1n) is 11.1. The number of nitrogens with zero attached hydrogens (tertiary/aromatic N) is 4. The third-order valence-corrected chi connectivity index (χ3v) is 5.45. The summed E-state index contributed by atoms with van der Waals surface area (Å²) < 4.78 is 5.83. The lowest BCUT2D eigenvalue weighted by Crippen LogP contribution is -2.44. The zero-order valence-electron chi connectivity index (χ0n) is 19.5. The van der Waals surface area contributed by atoms with Crippen molar-refractivity contribution in [2.45, 2.75) is 20.1 Å². The molecule has 0 aliphatic carbocycles. The van der Waals surface area contributed by atoms with Crippen LogP contribution in [0.3, 0.4) is 0 Å². The fourth-order valence-electron chi connectivity index (χ4n) is 3.43. The number of likely N-dealkylation sites (N-methyl/N-ethyl adjacent to an activating group) is 1. The van der Waals surface area contributed by atoms with E-state index in [4.69, 9.17) is 4.74 Å². The van der Waals surface area contributed by atoms with E-state index in [1.54, 1.807) is 7.05 Å². The molecule has 0 spiro atoms. The normalized spacial score (nSPS) is 15.7. The number of nitrogens with one attached hydrogen (secondary N) is 2. The van der Waals surface area contributed by atoms with E-state index in [2.05, 4.69) is 68.6 Å². The molecular weight excluding hydrogens is 515 g/mol. The van der Waals surface area contributed by atoms with Crippen LogP contribution >= 0.6 is 24.0 Å². The molecule has 8 heteroatoms. The number of aromatic nitrogens is 1. The number of ether oxygens (including phenoxy) is 1. The number of halogens is 1. The minimum Gasteiger partial charge on any atom is -0.376 e. The van der Waals surface area contributed by atoms with E-state index in [0.717, 1.165) is 50.1 Å². The van der Waals surface area contributed by atoms with Gasteiger partial charge in [0.15, 0.2) is 5.96 Å². The lowest BCUT2D eigenvalue weighted by molar-refractivity contribution is 0.0931. The Kier molecular flexibility index (Phi) is 11.8. The Morgan fingerprint density at radius 1 is 1.06 bits per heavy atom. The summed E-state index contributed by atoms with van der Waals surface area (Å²) in [4.78, 5) is 13.7. The summed E-state index contributed by atoms with van der Waals surface area (Å²) in [5, 5.41) is 6.75. The molecule has 3 rings (SSSR count). The van der Waals surface area contributed by atoms with Crippen molar-refractivity contribution in [1.82, 2.24) is 20.5 Å². The standard InChI is InChI=1S/C24H36N6O.HI/c1-20(18-31-19-21-7-5-4-6-8-21)15-27-24(25-2)28-17-22-9-10-23(26-16-22)30-13-11-29(3)12-14-30;/h4-10,16,20H,11-15,17-19H2,1-3H3,(H2,25,27,28);1H. The van der Waals surface area contributed by atoms with Gasteiger partial charge in [-0.1, -0.05) is 43.3 Å². The van der Waals surface area contributed by atoms with Crippen molar-refractivity contribution >= 4 is 35.8 Å². The van der Waals surface area contributed by atoms with Crippen LogP contribution in [0.25, 0.3) is 0 Å². The second kappa shape index (κ2) is 14.3. The van der Waals surface area contributed by atoms with Crippen LogP contribution in [0.15, 0.2) is 53.7 Å². The number of piperazine rings is 1. The van der Waals surface area contributed by atoms with E-state index in [1.807, 2.05) is 24.4 Å². The molecule has 1 aliphatic rings. The maximum Gasteiger partial charge on any atom is 0.191 e. The van der Waals surface area contributed by atoms with Crippen molar-refractivity contribution in [3.63, 3.8) is 0 Å². The molecule has 0 amide bonds. The highest BCUT2D eigenvalue weighted by Gasteiger charge is 2.15. The van der Waals surface area contributed by atoms with Gasteiger partial charge in [-0.3, -0.25) is 4.99 Å². The topological polar surface area (TPSA) is 65.0 Å². The molecule has 1 atom stereocenters. The van der Waals surface area contributed by atoms with Gasteiger partial charge < -0.3 is 25.2 Å². The summed E-state index contributed by atoms with van der Waals surface area (Å²) in [7, 11) is 3.96. The Morgan fingerprint density at radius 3 is 2.47 bits per heavy atom. The molecule has 176 valence electrons. The van der Waals surface area contributed by atoms with Gasteiger partial charge in [0, 0.05) is 52.5 Å². The lowest BCUT2D eigenvalue weighted by Gasteiger charge is -2.33. The quantitative estimate of drug-likeness (QED) is 0.284. The minimum absolute atomic E-state index is 0. The largest absolute Gasteiger partial charge is 0.376 e. The molecule has 1 unspecified atom stereocenters. The highest BCUT2D eigenvalue weighted by Crippen LogP contribution is 2.13. The van der Waals surface area contributed by atoms with Crippen molar-refractivity contribution < 1.29 is 4.74 Å². The van der Waals surface area contributed by atoms with Crippen LogP contribution < -0.4 is 15.5 Å². The van der Waals surface area contributed by atoms with Crippen LogP contribution in [0.2, 0.25) is 0 Å². The van der Waals surface area contributed by atoms with Gasteiger partial charge in [-0.15, -0.1) is 24.0 Å². The summed E-state index contributed by atoms with van der Waals surface area (Å²) in [6, 6.07) is 14.5. The molecule has 2 N–H and O–H groups in total. The number of rotatable bonds is 9. The van der Waals surface area contributed by atoms with Crippen LogP contribution in [0.5, 0.6) is 0 Å². The first kappa shape index (κ1) is 26.3. The number of aliphatic imine (C=N–C) groups is 1. The highest BCUT2D eigenvalue weighted by atomic mass is 127. The van der Waals surface area contributed by atoms with E-state index < -0.39 is 0 Å². The maximum absolute atomic E-state index is 5.83. The number of benzene rings is 1. The molecule has 1 aromatic carbocycles. The summed E-state index contributed by atoms with van der Waals surface area (Å²) in [6.45, 7) is 9.25. The summed E-state index contributed by atoms with van der Waals surface area (Å²) in [6.07, 6.45) is 1.95. The number of hydrogen-bond donors (Lipinski definition) is 2. The SMILES string of the molecule is CN=C(NCc1ccc(N2CCN(C)CC2)nc1)NCC(C)COCc1ccccc1.I. The van der Waals surface area contributed by atoms with Crippen molar-refractivity contribution in [2.75, 3.05) is 58.3 Å². The Labute approximate surface area is 209 Å². The fourth-order valence-corrected chi connectivity index (χ4v) is 3.43. The van der Waals surface area contributed by atoms with Gasteiger partial charge in [0.25, 0.3) is 0 Å². The predicted octanol–water partition coefficient (Wildman–Crippen LogP) is 2.97. The van der Waals surface area contributed by atoms with Gasteiger partial charge in [0.05, 0.1) is 13.2 Å². The monoisotopic (exact) mass is 552 g/mol. The van der Waals surface area contributed by atoms with Crippen LogP contribution in [-0.4, -0.2) is 69.3 Å². The third-order valence-electron chi connectivity index (χ3n) is 5.45. The molecule has 2 heterocycles. The Morgan fingerprint density at radius 2 is 1.81 bits per heavy atom. The molecular formula is C24H37IN6O. The number of pyridine rings is 1. The molecule has 0 radical (unpaired) electrons. The van der Waals surface area contributed by atoms with Crippen molar-refractivity contribution in [2.24, 2.45) is 10.9 Å². The van der Waals surface area contributed by atoms with Gasteiger partial charge in [-0.25, -0.2) is 4.98 Å². The molecule has 0 saturated carbocycles. The first-order valence-corrected chi connectivity index (χ1v) is 11.1. The molecule has 32 heavy (non-hydrogen) atoms. The van der Waals surface area contributed by atoms with Gasteiger partial charge in [0.2, 0.25) is 0 Å². The third kappa shape index (κ3) is 8.91. The highest BCUT2D eigenvalue weighted by molar-refractivity contribution is 14.0. The molecule has 1 aromatic heterocycles. The molecule has 1 fully saturated rings. The van der Waals surface area contributed by atoms with Gasteiger partial charge in [-0.2, -0.15) is 0 Å². The average molecular weight is 553 g/mol. The van der Waals surface area contributed by atoms with E-state index >= 15 is 0 Å². The number of hydrogen-bond acceptors (Lipinski definition) is 5. The molecule has 0 bridgehead atoms. The van der Waals surface area contributed by atoms with Crippen LogP contribution in [-0.2, 0) is 17.9 Å². The zero-order chi connectivity index (χ0) is 21.9. The zero-order valence-corrected chi connectivity index (χ0v) is 21.8. The van der Waals surface area contributed by atoms with Crippen molar-refractivity contribution in [3.05, 3.63) is 59.8 Å². The predicted molar refractivity (Wildman–Crippen MR) is 143 cm³/mol. The Bertz CT molecular complexity index is 794. The van der Waals surface area contributed by atoms with Crippen LogP contribution in [0.4, 0.5) is 5.82 Å². The number of anilines is 1. The van der Waals surface area contributed by atoms with Gasteiger partial charge in [-0.05, 0) is 30.2 Å². The van der Waals surface area contributed by atoms with Crippen LogP contribution in [0, 0.1) is 5.92 Å². The summed E-state index contributed by atoms with van der Waals surface area (Å²) >= 11 is 0. The van der Waals surface area contributed by atoms with Crippen LogP contribution in [0.1, 0.15) is 18.1 Å². The van der Waals surface area contributed by atoms with Crippen molar-refractivity contribution in [3.8, 4) is 0 Å². The molecule has 7 nitrogen and oxygen atoms in total. The number of guanidine groups is 1. The fraction of sp³-hybridized carbons (Fsp3) is 0.500. The van der Waals surface area contributed by atoms with E-state index in [-0.39, 0.29) is 24.0 Å². The molecule has 1 aliphatic heterocycles. The van der Waals surface area contributed by atoms with Crippen molar-refractivity contribution in [1.29, 1.82) is 0 Å². The van der Waals surface area contributed by atoms with E-state index in [1.165, 1.54) is 5.56 Å².